The molecule has 0 radical (unpaired) electrons. The second kappa shape index (κ2) is 6.93. The van der Waals surface area contributed by atoms with Crippen molar-refractivity contribution in [2.75, 3.05) is 35.0 Å². The number of ether oxygens (including phenoxy) is 4. The third-order valence-corrected chi connectivity index (χ3v) is 6.85. The molecule has 3 aromatic carbocycles. The number of hydrogen-bond donors (Lipinski definition) is 1. The average Bonchev–Trinajstić information content (AvgIpc) is 3.16. The Morgan fingerprint density at radius 2 is 1.53 bits per heavy atom. The summed E-state index contributed by atoms with van der Waals surface area (Å²) in [6.07, 6.45) is 2.97. The number of nitrogens with zero attached hydrogens (tertiary/aromatic N) is 1. The Bertz CT molecular complexity index is 1160. The maximum absolute atomic E-state index is 6.87. The van der Waals surface area contributed by atoms with Gasteiger partial charge < -0.3 is 24.7 Å². The van der Waals surface area contributed by atoms with Gasteiger partial charge in [0, 0.05) is 24.9 Å². The van der Waals surface area contributed by atoms with Crippen LogP contribution in [0.2, 0.25) is 0 Å². The van der Waals surface area contributed by atoms with E-state index < -0.39 is 0 Å². The Kier molecular flexibility index (Phi) is 4.45. The second-order valence-electron chi connectivity index (χ2n) is 8.24. The van der Waals surface area contributed by atoms with E-state index in [2.05, 4.69) is 17.0 Å². The van der Waals surface area contributed by atoms with E-state index in [0.717, 1.165) is 54.3 Å². The molecule has 1 atom stereocenters. The van der Waals surface area contributed by atoms with Crippen LogP contribution >= 0.6 is 0 Å². The van der Waals surface area contributed by atoms with Crippen molar-refractivity contribution in [2.24, 2.45) is 5.73 Å². The Labute approximate surface area is 176 Å². The standard InChI is InChI=1S/C24H28N2O4/c1-27-19-7-6-14-18-13-26-9-5-8-24(26,25)12-17(18)15-10-20(28-2)21(29-3)11-16(15)22(14)23(19)30-4/h6-7,10-11H,5,8-9,12-13,25H2,1-4H3/t24-/m1/s1. The number of rotatable bonds is 4. The average molecular weight is 408 g/mol. The Balaban J connectivity index is 1.95. The first kappa shape index (κ1) is 19.3. The highest BCUT2D eigenvalue weighted by molar-refractivity contribution is 6.15. The highest BCUT2D eigenvalue weighted by Crippen LogP contribution is 2.49. The number of hydrogen-bond acceptors (Lipinski definition) is 6. The summed E-state index contributed by atoms with van der Waals surface area (Å²) in [7, 11) is 6.69. The first-order valence-electron chi connectivity index (χ1n) is 10.3. The lowest BCUT2D eigenvalue weighted by molar-refractivity contribution is 0.122. The van der Waals surface area contributed by atoms with E-state index in [1.54, 1.807) is 28.4 Å². The van der Waals surface area contributed by atoms with Crippen LogP contribution in [0, 0.1) is 0 Å². The monoisotopic (exact) mass is 408 g/mol. The molecule has 30 heavy (non-hydrogen) atoms. The van der Waals surface area contributed by atoms with Gasteiger partial charge in [0.05, 0.1) is 34.1 Å². The van der Waals surface area contributed by atoms with Crippen LogP contribution in [0.3, 0.4) is 0 Å². The molecule has 1 saturated heterocycles. The van der Waals surface area contributed by atoms with Gasteiger partial charge in [-0.3, -0.25) is 4.90 Å². The number of methoxy groups -OCH3 is 4. The van der Waals surface area contributed by atoms with Crippen molar-refractivity contribution in [3.63, 3.8) is 0 Å². The summed E-state index contributed by atoms with van der Waals surface area (Å²) in [6.45, 7) is 1.87. The molecule has 0 bridgehead atoms. The molecule has 0 unspecified atom stereocenters. The zero-order valence-electron chi connectivity index (χ0n) is 18.0. The van der Waals surface area contributed by atoms with Gasteiger partial charge in [0.2, 0.25) is 0 Å². The first-order chi connectivity index (χ1) is 14.5. The molecule has 0 aliphatic carbocycles. The third kappa shape index (κ3) is 2.57. The quantitative estimate of drug-likeness (QED) is 0.662. The Morgan fingerprint density at radius 1 is 0.833 bits per heavy atom. The Hall–Kier alpha value is -2.70. The zero-order valence-corrected chi connectivity index (χ0v) is 18.0. The van der Waals surface area contributed by atoms with E-state index in [9.17, 15) is 0 Å². The fraction of sp³-hybridized carbons (Fsp3) is 0.417. The highest BCUT2D eigenvalue weighted by atomic mass is 16.5. The van der Waals surface area contributed by atoms with Gasteiger partial charge in [-0.05, 0) is 58.3 Å². The molecule has 0 amide bonds. The van der Waals surface area contributed by atoms with Gasteiger partial charge in [-0.1, -0.05) is 6.07 Å². The summed E-state index contributed by atoms with van der Waals surface area (Å²) < 4.78 is 22.7. The van der Waals surface area contributed by atoms with Crippen molar-refractivity contribution >= 4 is 21.5 Å². The van der Waals surface area contributed by atoms with Crippen molar-refractivity contribution in [1.29, 1.82) is 0 Å². The van der Waals surface area contributed by atoms with Crippen LogP contribution in [0.1, 0.15) is 24.0 Å². The summed E-state index contributed by atoms with van der Waals surface area (Å²) in [5.74, 6) is 2.86. The number of fused-ring (bicyclic) bond motifs is 7. The number of benzene rings is 3. The lowest BCUT2D eigenvalue weighted by Gasteiger charge is -2.41. The van der Waals surface area contributed by atoms with Crippen LogP contribution in [0.4, 0.5) is 0 Å². The zero-order chi connectivity index (χ0) is 21.0. The minimum Gasteiger partial charge on any atom is -0.493 e. The van der Waals surface area contributed by atoms with Crippen molar-refractivity contribution in [3.05, 3.63) is 35.4 Å². The second-order valence-corrected chi connectivity index (χ2v) is 8.24. The van der Waals surface area contributed by atoms with Crippen molar-refractivity contribution in [1.82, 2.24) is 4.90 Å². The normalized spacial score (nSPS) is 20.8. The van der Waals surface area contributed by atoms with Crippen molar-refractivity contribution in [3.8, 4) is 23.0 Å². The van der Waals surface area contributed by atoms with Crippen LogP contribution in [-0.2, 0) is 13.0 Å². The topological polar surface area (TPSA) is 66.2 Å². The molecule has 158 valence electrons. The summed E-state index contributed by atoms with van der Waals surface area (Å²) >= 11 is 0. The van der Waals surface area contributed by atoms with E-state index in [1.807, 2.05) is 12.1 Å². The number of nitrogens with two attached hydrogens (primary N) is 1. The minimum atomic E-state index is -0.280. The van der Waals surface area contributed by atoms with Gasteiger partial charge in [-0.15, -0.1) is 0 Å². The molecule has 3 aromatic rings. The molecule has 2 aliphatic rings. The molecule has 1 fully saturated rings. The van der Waals surface area contributed by atoms with Crippen LogP contribution in [-0.4, -0.2) is 45.5 Å². The molecular weight excluding hydrogens is 380 g/mol. The predicted molar refractivity (Wildman–Crippen MR) is 118 cm³/mol. The summed E-state index contributed by atoms with van der Waals surface area (Å²) in [5, 5.41) is 4.41. The maximum atomic E-state index is 6.87. The van der Waals surface area contributed by atoms with Crippen molar-refractivity contribution in [2.45, 2.75) is 31.5 Å². The van der Waals surface area contributed by atoms with Gasteiger partial charge in [-0.2, -0.15) is 0 Å². The Morgan fingerprint density at radius 3 is 2.20 bits per heavy atom. The van der Waals surface area contributed by atoms with Crippen LogP contribution in [0.15, 0.2) is 24.3 Å². The fourth-order valence-electron chi connectivity index (χ4n) is 5.38. The van der Waals surface area contributed by atoms with Crippen LogP contribution in [0.25, 0.3) is 21.5 Å². The molecule has 0 spiro atoms. The summed E-state index contributed by atoms with van der Waals surface area (Å²) in [5.41, 5.74) is 9.20. The molecule has 5 rings (SSSR count). The fourth-order valence-corrected chi connectivity index (χ4v) is 5.38. The largest absolute Gasteiger partial charge is 0.493 e. The lowest BCUT2D eigenvalue weighted by Crippen LogP contribution is -2.55. The molecule has 2 heterocycles. The third-order valence-electron chi connectivity index (χ3n) is 6.85. The summed E-state index contributed by atoms with van der Waals surface area (Å²) in [6, 6.07) is 8.26. The van der Waals surface area contributed by atoms with E-state index >= 15 is 0 Å². The molecule has 6 heteroatoms. The van der Waals surface area contributed by atoms with Gasteiger partial charge in [0.1, 0.15) is 0 Å². The van der Waals surface area contributed by atoms with Gasteiger partial charge in [0.15, 0.2) is 23.0 Å². The first-order valence-corrected chi connectivity index (χ1v) is 10.3. The van der Waals surface area contributed by atoms with Crippen LogP contribution in [0.5, 0.6) is 23.0 Å². The SMILES string of the molecule is COc1cc2c3c(c4ccc(OC)c(OC)c4c2cc1OC)CN1CCC[C@]1(N)C3. The molecule has 2 N–H and O–H groups in total. The van der Waals surface area contributed by atoms with Crippen LogP contribution < -0.4 is 24.7 Å². The smallest absolute Gasteiger partial charge is 0.169 e. The molecule has 0 aromatic heterocycles. The highest BCUT2D eigenvalue weighted by Gasteiger charge is 2.42. The van der Waals surface area contributed by atoms with Gasteiger partial charge in [-0.25, -0.2) is 0 Å². The molecule has 6 nitrogen and oxygen atoms in total. The molecule has 2 aliphatic heterocycles. The van der Waals surface area contributed by atoms with E-state index in [4.69, 9.17) is 24.7 Å². The van der Waals surface area contributed by atoms with E-state index in [1.165, 1.54) is 16.5 Å². The maximum Gasteiger partial charge on any atom is 0.169 e. The lowest BCUT2D eigenvalue weighted by atomic mass is 9.82. The van der Waals surface area contributed by atoms with E-state index in [0.29, 0.717) is 17.2 Å². The molecule has 0 saturated carbocycles. The van der Waals surface area contributed by atoms with E-state index in [-0.39, 0.29) is 5.66 Å². The minimum absolute atomic E-state index is 0.280. The van der Waals surface area contributed by atoms with Crippen molar-refractivity contribution < 1.29 is 18.9 Å². The predicted octanol–water partition coefficient (Wildman–Crippen LogP) is 3.83. The molecular formula is C24H28N2O4. The summed E-state index contributed by atoms with van der Waals surface area (Å²) in [4.78, 5) is 2.43. The van der Waals surface area contributed by atoms with Gasteiger partial charge >= 0.3 is 0 Å². The van der Waals surface area contributed by atoms with Gasteiger partial charge in [0.25, 0.3) is 0 Å².